The summed E-state index contributed by atoms with van der Waals surface area (Å²) in [5, 5.41) is 10.2. The monoisotopic (exact) mass is 280 g/mol. The Morgan fingerprint density at radius 3 is 2.58 bits per heavy atom. The molecule has 2 heterocycles. The smallest absolute Gasteiger partial charge is 0.347 e. The van der Waals surface area contributed by atoms with Gasteiger partial charge in [-0.15, -0.1) is 0 Å². The number of hydrogen-bond acceptors (Lipinski definition) is 4. The van der Waals surface area contributed by atoms with Crippen LogP contribution in [0.2, 0.25) is 0 Å². The van der Waals surface area contributed by atoms with Gasteiger partial charge >= 0.3 is 5.97 Å². The highest BCUT2D eigenvalue weighted by Gasteiger charge is 2.33. The molecular formula is C14H20N2O2S. The van der Waals surface area contributed by atoms with Crippen molar-refractivity contribution >= 4 is 22.4 Å². The summed E-state index contributed by atoms with van der Waals surface area (Å²) in [6.45, 7) is 4.29. The van der Waals surface area contributed by atoms with Crippen LogP contribution < -0.4 is 4.90 Å². The number of piperidine rings is 1. The van der Waals surface area contributed by atoms with Crippen molar-refractivity contribution in [1.29, 1.82) is 0 Å². The number of thiazole rings is 1. The van der Waals surface area contributed by atoms with E-state index >= 15 is 0 Å². The fourth-order valence-corrected chi connectivity index (χ4v) is 3.82. The van der Waals surface area contributed by atoms with Crippen molar-refractivity contribution in [2.24, 2.45) is 5.92 Å². The first-order valence-corrected chi connectivity index (χ1v) is 7.99. The molecule has 0 bridgehead atoms. The van der Waals surface area contributed by atoms with Gasteiger partial charge in [0.05, 0.1) is 5.69 Å². The molecule has 104 valence electrons. The molecule has 1 aromatic heterocycles. The van der Waals surface area contributed by atoms with E-state index in [4.69, 9.17) is 0 Å². The first kappa shape index (κ1) is 12.9. The molecule has 0 amide bonds. The van der Waals surface area contributed by atoms with E-state index in [1.54, 1.807) is 0 Å². The van der Waals surface area contributed by atoms with Crippen LogP contribution in [0.5, 0.6) is 0 Å². The topological polar surface area (TPSA) is 53.4 Å². The van der Waals surface area contributed by atoms with Crippen molar-refractivity contribution in [3.05, 3.63) is 10.6 Å². The molecule has 2 fully saturated rings. The summed E-state index contributed by atoms with van der Waals surface area (Å²) in [5.41, 5.74) is 0.838. The van der Waals surface area contributed by atoms with E-state index in [9.17, 15) is 9.90 Å². The second kappa shape index (κ2) is 5.12. The molecule has 0 aromatic carbocycles. The van der Waals surface area contributed by atoms with Crippen LogP contribution in [-0.4, -0.2) is 29.1 Å². The highest BCUT2D eigenvalue weighted by Crippen LogP contribution is 2.44. The lowest BCUT2D eigenvalue weighted by Crippen LogP contribution is -2.33. The summed E-state index contributed by atoms with van der Waals surface area (Å²) < 4.78 is 0. The van der Waals surface area contributed by atoms with Crippen molar-refractivity contribution in [2.75, 3.05) is 18.0 Å². The lowest BCUT2D eigenvalue weighted by molar-refractivity contribution is 0.0700. The van der Waals surface area contributed by atoms with Crippen LogP contribution >= 0.6 is 11.3 Å². The molecule has 4 nitrogen and oxygen atoms in total. The van der Waals surface area contributed by atoms with E-state index in [1.165, 1.54) is 30.6 Å². The van der Waals surface area contributed by atoms with Gasteiger partial charge in [0.2, 0.25) is 0 Å². The maximum Gasteiger partial charge on any atom is 0.347 e. The third kappa shape index (κ3) is 2.61. The molecule has 0 spiro atoms. The van der Waals surface area contributed by atoms with Crippen LogP contribution in [0, 0.1) is 5.92 Å². The van der Waals surface area contributed by atoms with E-state index in [0.717, 1.165) is 42.7 Å². The Balaban J connectivity index is 1.78. The number of hydrogen-bond donors (Lipinski definition) is 1. The largest absolute Gasteiger partial charge is 0.477 e. The van der Waals surface area contributed by atoms with E-state index < -0.39 is 5.97 Å². The Kier molecular flexibility index (Phi) is 3.48. The lowest BCUT2D eigenvalue weighted by Gasteiger charge is -2.31. The second-order valence-electron chi connectivity index (χ2n) is 5.63. The van der Waals surface area contributed by atoms with Gasteiger partial charge < -0.3 is 10.0 Å². The Morgan fingerprint density at radius 1 is 1.37 bits per heavy atom. The van der Waals surface area contributed by atoms with Gasteiger partial charge in [0.25, 0.3) is 0 Å². The van der Waals surface area contributed by atoms with Gasteiger partial charge in [0.1, 0.15) is 4.88 Å². The molecule has 0 radical (unpaired) electrons. The third-order valence-corrected chi connectivity index (χ3v) is 5.38. The Morgan fingerprint density at radius 2 is 2.05 bits per heavy atom. The maximum atomic E-state index is 11.3. The van der Waals surface area contributed by atoms with E-state index in [0.29, 0.717) is 10.8 Å². The first-order chi connectivity index (χ1) is 9.19. The molecule has 1 N–H and O–H groups in total. The number of carboxylic acid groups (broad SMARTS) is 1. The SMILES string of the molecule is CCC1CCN(c2nc(C3CC3)c(C(=O)O)s2)CC1. The van der Waals surface area contributed by atoms with Crippen molar-refractivity contribution in [3.8, 4) is 0 Å². The molecule has 0 atom stereocenters. The minimum Gasteiger partial charge on any atom is -0.477 e. The second-order valence-corrected chi connectivity index (χ2v) is 6.61. The summed E-state index contributed by atoms with van der Waals surface area (Å²) in [5.74, 6) is 0.427. The number of carboxylic acids is 1. The fraction of sp³-hybridized carbons (Fsp3) is 0.714. The molecule has 1 aliphatic carbocycles. The van der Waals surface area contributed by atoms with Crippen molar-refractivity contribution in [3.63, 3.8) is 0 Å². The number of anilines is 1. The predicted molar refractivity (Wildman–Crippen MR) is 76.3 cm³/mol. The Labute approximate surface area is 117 Å². The summed E-state index contributed by atoms with van der Waals surface area (Å²) in [7, 11) is 0. The zero-order chi connectivity index (χ0) is 13.4. The Hall–Kier alpha value is -1.10. The molecule has 1 saturated carbocycles. The van der Waals surface area contributed by atoms with Crippen molar-refractivity contribution < 1.29 is 9.90 Å². The standard InChI is InChI=1S/C14H20N2O2S/c1-2-9-5-7-16(8-6-9)14-15-11(10-3-4-10)12(19-14)13(17)18/h9-10H,2-8H2,1H3,(H,17,18). The summed E-state index contributed by atoms with van der Waals surface area (Å²) >= 11 is 1.37. The van der Waals surface area contributed by atoms with Gasteiger partial charge in [-0.05, 0) is 31.6 Å². The Bertz CT molecular complexity index is 474. The minimum atomic E-state index is -0.811. The quantitative estimate of drug-likeness (QED) is 0.919. The molecule has 1 aliphatic heterocycles. The van der Waals surface area contributed by atoms with Gasteiger partial charge in [0, 0.05) is 19.0 Å². The van der Waals surface area contributed by atoms with Gasteiger partial charge in [-0.3, -0.25) is 0 Å². The average Bonchev–Trinajstić information content (AvgIpc) is 3.17. The van der Waals surface area contributed by atoms with E-state index in [-0.39, 0.29) is 0 Å². The normalized spacial score (nSPS) is 20.8. The van der Waals surface area contributed by atoms with Crippen LogP contribution in [0.4, 0.5) is 5.13 Å². The number of carbonyl (C=O) groups is 1. The number of nitrogens with zero attached hydrogens (tertiary/aromatic N) is 2. The lowest BCUT2D eigenvalue weighted by atomic mass is 9.95. The first-order valence-electron chi connectivity index (χ1n) is 7.18. The zero-order valence-corrected chi connectivity index (χ0v) is 12.1. The minimum absolute atomic E-state index is 0.407. The summed E-state index contributed by atoms with van der Waals surface area (Å²) in [6.07, 6.45) is 5.86. The maximum absolute atomic E-state index is 11.3. The van der Waals surface area contributed by atoms with Crippen LogP contribution in [0.15, 0.2) is 0 Å². The molecule has 1 aromatic rings. The fourth-order valence-electron chi connectivity index (χ4n) is 2.77. The van der Waals surface area contributed by atoms with E-state index in [1.807, 2.05) is 0 Å². The molecule has 5 heteroatoms. The zero-order valence-electron chi connectivity index (χ0n) is 11.3. The van der Waals surface area contributed by atoms with Gasteiger partial charge in [-0.2, -0.15) is 0 Å². The molecule has 2 aliphatic rings. The molecule has 19 heavy (non-hydrogen) atoms. The summed E-state index contributed by atoms with van der Waals surface area (Å²) in [4.78, 5) is 18.7. The highest BCUT2D eigenvalue weighted by molar-refractivity contribution is 7.17. The van der Waals surface area contributed by atoms with Crippen molar-refractivity contribution in [2.45, 2.75) is 44.9 Å². The van der Waals surface area contributed by atoms with Gasteiger partial charge in [-0.25, -0.2) is 9.78 Å². The average molecular weight is 280 g/mol. The van der Waals surface area contributed by atoms with Gasteiger partial charge in [-0.1, -0.05) is 24.7 Å². The van der Waals surface area contributed by atoms with Crippen molar-refractivity contribution in [1.82, 2.24) is 4.98 Å². The highest BCUT2D eigenvalue weighted by atomic mass is 32.1. The third-order valence-electron chi connectivity index (χ3n) is 4.26. The van der Waals surface area contributed by atoms with Crippen LogP contribution in [0.25, 0.3) is 0 Å². The van der Waals surface area contributed by atoms with Crippen LogP contribution in [-0.2, 0) is 0 Å². The number of aromatic nitrogens is 1. The number of rotatable bonds is 4. The van der Waals surface area contributed by atoms with Gasteiger partial charge in [0.15, 0.2) is 5.13 Å². The number of aromatic carboxylic acids is 1. The predicted octanol–water partition coefficient (Wildman–Crippen LogP) is 3.35. The molecule has 1 saturated heterocycles. The van der Waals surface area contributed by atoms with Crippen LogP contribution in [0.1, 0.15) is 60.3 Å². The summed E-state index contributed by atoms with van der Waals surface area (Å²) in [6, 6.07) is 0. The van der Waals surface area contributed by atoms with E-state index in [2.05, 4.69) is 16.8 Å². The molecule has 0 unspecified atom stereocenters. The molecule has 3 rings (SSSR count). The molecular weight excluding hydrogens is 260 g/mol. The van der Waals surface area contributed by atoms with Crippen LogP contribution in [0.3, 0.4) is 0 Å².